The second kappa shape index (κ2) is 8.11. The maximum atomic E-state index is 12.2. The first-order valence-corrected chi connectivity index (χ1v) is 9.05. The molecule has 0 aliphatic carbocycles. The van der Waals surface area contributed by atoms with Crippen molar-refractivity contribution in [2.24, 2.45) is 0 Å². The maximum Gasteiger partial charge on any atom is 0.241 e. The minimum Gasteiger partial charge on any atom is -0.326 e. The number of hydrogen-bond acceptors (Lipinski definition) is 4. The number of anilines is 2. The smallest absolute Gasteiger partial charge is 0.241 e. The fourth-order valence-electron chi connectivity index (χ4n) is 1.90. The van der Waals surface area contributed by atoms with E-state index in [1.165, 1.54) is 31.2 Å². The summed E-state index contributed by atoms with van der Waals surface area (Å²) in [6.07, 6.45) is 0. The summed E-state index contributed by atoms with van der Waals surface area (Å²) in [5.41, 5.74) is 0.986. The van der Waals surface area contributed by atoms with Gasteiger partial charge in [-0.15, -0.1) is 0 Å². The largest absolute Gasteiger partial charge is 0.326 e. The van der Waals surface area contributed by atoms with Crippen LogP contribution in [-0.4, -0.2) is 26.8 Å². The average Bonchev–Trinajstić information content (AvgIpc) is 2.55. The summed E-state index contributed by atoms with van der Waals surface area (Å²) < 4.78 is 26.6. The van der Waals surface area contributed by atoms with Crippen molar-refractivity contribution in [3.05, 3.63) is 53.6 Å². The molecule has 2 amide bonds. The Balaban J connectivity index is 1.95. The molecule has 0 aliphatic heterocycles. The van der Waals surface area contributed by atoms with Crippen molar-refractivity contribution in [2.45, 2.75) is 11.8 Å². The van der Waals surface area contributed by atoms with Crippen LogP contribution in [-0.2, 0) is 19.6 Å². The summed E-state index contributed by atoms with van der Waals surface area (Å²) in [4.78, 5) is 22.8. The van der Waals surface area contributed by atoms with Crippen molar-refractivity contribution in [3.8, 4) is 0 Å². The molecule has 0 bridgehead atoms. The molecule has 0 heterocycles. The molecule has 7 nitrogen and oxygen atoms in total. The Morgan fingerprint density at radius 3 is 2.00 bits per heavy atom. The molecule has 0 spiro atoms. The van der Waals surface area contributed by atoms with Gasteiger partial charge < -0.3 is 10.6 Å². The first-order chi connectivity index (χ1) is 11.8. The van der Waals surface area contributed by atoms with Gasteiger partial charge in [0.25, 0.3) is 0 Å². The van der Waals surface area contributed by atoms with Crippen LogP contribution in [0.2, 0.25) is 5.02 Å². The third kappa shape index (κ3) is 5.86. The van der Waals surface area contributed by atoms with E-state index in [2.05, 4.69) is 15.4 Å². The van der Waals surface area contributed by atoms with E-state index in [0.29, 0.717) is 16.4 Å². The molecule has 2 aromatic carbocycles. The molecule has 132 valence electrons. The van der Waals surface area contributed by atoms with Crippen LogP contribution < -0.4 is 15.4 Å². The van der Waals surface area contributed by atoms with Crippen LogP contribution in [0, 0.1) is 0 Å². The van der Waals surface area contributed by atoms with Crippen molar-refractivity contribution in [1.29, 1.82) is 0 Å². The molecule has 0 saturated heterocycles. The highest BCUT2D eigenvalue weighted by Gasteiger charge is 2.15. The minimum atomic E-state index is -3.84. The number of nitrogens with one attached hydrogen (secondary N) is 3. The van der Waals surface area contributed by atoms with Crippen molar-refractivity contribution >= 4 is 44.8 Å². The van der Waals surface area contributed by atoms with Crippen molar-refractivity contribution in [1.82, 2.24) is 4.72 Å². The maximum absolute atomic E-state index is 12.2. The van der Waals surface area contributed by atoms with Gasteiger partial charge >= 0.3 is 0 Å². The molecule has 2 rings (SSSR count). The van der Waals surface area contributed by atoms with Crippen LogP contribution >= 0.6 is 11.6 Å². The first kappa shape index (κ1) is 18.9. The monoisotopic (exact) mass is 381 g/mol. The Morgan fingerprint density at radius 1 is 0.920 bits per heavy atom. The summed E-state index contributed by atoms with van der Waals surface area (Å²) >= 11 is 5.75. The van der Waals surface area contributed by atoms with Gasteiger partial charge in [-0.2, -0.15) is 0 Å². The fraction of sp³-hybridized carbons (Fsp3) is 0.125. The quantitative estimate of drug-likeness (QED) is 0.713. The van der Waals surface area contributed by atoms with Gasteiger partial charge in [-0.1, -0.05) is 11.6 Å². The van der Waals surface area contributed by atoms with E-state index in [-0.39, 0.29) is 10.8 Å². The van der Waals surface area contributed by atoms with Gasteiger partial charge in [0.2, 0.25) is 21.8 Å². The number of amides is 2. The summed E-state index contributed by atoms with van der Waals surface area (Å²) in [6.45, 7) is 0.934. The fourth-order valence-corrected chi connectivity index (χ4v) is 3.01. The zero-order chi connectivity index (χ0) is 18.4. The lowest BCUT2D eigenvalue weighted by Gasteiger charge is -2.09. The van der Waals surface area contributed by atoms with E-state index < -0.39 is 22.5 Å². The molecule has 0 radical (unpaired) electrons. The Morgan fingerprint density at radius 2 is 1.44 bits per heavy atom. The van der Waals surface area contributed by atoms with Gasteiger partial charge in [-0.25, -0.2) is 13.1 Å². The lowest BCUT2D eigenvalue weighted by atomic mass is 10.3. The molecule has 3 N–H and O–H groups in total. The van der Waals surface area contributed by atoms with E-state index in [9.17, 15) is 18.0 Å². The predicted molar refractivity (Wildman–Crippen MR) is 96.0 cm³/mol. The zero-order valence-corrected chi connectivity index (χ0v) is 14.8. The Bertz CT molecular complexity index is 865. The van der Waals surface area contributed by atoms with Gasteiger partial charge in [-0.3, -0.25) is 9.59 Å². The molecular formula is C16H16ClN3O4S. The summed E-state index contributed by atoms with van der Waals surface area (Å²) in [5, 5.41) is 5.62. The lowest BCUT2D eigenvalue weighted by Crippen LogP contribution is -2.32. The first-order valence-electron chi connectivity index (χ1n) is 7.19. The number of rotatable bonds is 6. The van der Waals surface area contributed by atoms with Crippen molar-refractivity contribution < 1.29 is 18.0 Å². The molecule has 0 aromatic heterocycles. The Kier molecular flexibility index (Phi) is 6.13. The number of carbonyl (C=O) groups excluding carboxylic acids is 2. The van der Waals surface area contributed by atoms with Crippen LogP contribution in [0.15, 0.2) is 53.4 Å². The highest BCUT2D eigenvalue weighted by molar-refractivity contribution is 7.89. The van der Waals surface area contributed by atoms with Gasteiger partial charge in [0.15, 0.2) is 0 Å². The van der Waals surface area contributed by atoms with Crippen LogP contribution in [0.1, 0.15) is 6.92 Å². The SMILES string of the molecule is CC(=O)Nc1ccc(S(=O)(=O)NCC(=O)Nc2ccc(Cl)cc2)cc1. The molecule has 0 unspecified atom stereocenters. The molecule has 0 aliphatic rings. The number of benzene rings is 2. The summed E-state index contributed by atoms with van der Waals surface area (Å²) in [5.74, 6) is -0.770. The Hall–Kier alpha value is -2.42. The van der Waals surface area contributed by atoms with Crippen LogP contribution in [0.5, 0.6) is 0 Å². The Labute approximate surface area is 150 Å². The number of halogens is 1. The minimum absolute atomic E-state index is 0.0131. The molecule has 0 atom stereocenters. The van der Waals surface area contributed by atoms with E-state index in [4.69, 9.17) is 11.6 Å². The second-order valence-electron chi connectivity index (χ2n) is 5.09. The van der Waals surface area contributed by atoms with E-state index in [0.717, 1.165) is 0 Å². The van der Waals surface area contributed by atoms with E-state index in [1.54, 1.807) is 24.3 Å². The molecule has 0 fully saturated rings. The van der Waals surface area contributed by atoms with Gasteiger partial charge in [0.05, 0.1) is 11.4 Å². The second-order valence-corrected chi connectivity index (χ2v) is 7.29. The molecule has 9 heteroatoms. The highest BCUT2D eigenvalue weighted by Crippen LogP contribution is 2.15. The standard InChI is InChI=1S/C16H16ClN3O4S/c1-11(21)19-13-6-8-15(9-7-13)25(23,24)18-10-16(22)20-14-4-2-12(17)3-5-14/h2-9,18H,10H2,1H3,(H,19,21)(H,20,22). The molecule has 25 heavy (non-hydrogen) atoms. The third-order valence-corrected chi connectivity index (χ3v) is 4.70. The molecule has 0 saturated carbocycles. The molecular weight excluding hydrogens is 366 g/mol. The van der Waals surface area contributed by atoms with Gasteiger partial charge in [0.1, 0.15) is 0 Å². The van der Waals surface area contributed by atoms with Gasteiger partial charge in [0, 0.05) is 23.3 Å². The number of carbonyl (C=O) groups is 2. The number of hydrogen-bond donors (Lipinski definition) is 3. The lowest BCUT2D eigenvalue weighted by molar-refractivity contribution is -0.115. The van der Waals surface area contributed by atoms with E-state index >= 15 is 0 Å². The zero-order valence-electron chi connectivity index (χ0n) is 13.2. The number of sulfonamides is 1. The topological polar surface area (TPSA) is 104 Å². The predicted octanol–water partition coefficient (Wildman–Crippen LogP) is 2.22. The third-order valence-electron chi connectivity index (χ3n) is 3.04. The molecule has 2 aromatic rings. The van der Waals surface area contributed by atoms with E-state index in [1.807, 2.05) is 0 Å². The van der Waals surface area contributed by atoms with Crippen LogP contribution in [0.25, 0.3) is 0 Å². The van der Waals surface area contributed by atoms with Crippen LogP contribution in [0.3, 0.4) is 0 Å². The normalized spacial score (nSPS) is 11.0. The summed E-state index contributed by atoms with van der Waals surface area (Å²) in [7, 11) is -3.84. The van der Waals surface area contributed by atoms with Crippen molar-refractivity contribution in [3.63, 3.8) is 0 Å². The van der Waals surface area contributed by atoms with Crippen molar-refractivity contribution in [2.75, 3.05) is 17.2 Å². The highest BCUT2D eigenvalue weighted by atomic mass is 35.5. The average molecular weight is 382 g/mol. The van der Waals surface area contributed by atoms with Gasteiger partial charge in [-0.05, 0) is 48.5 Å². The summed E-state index contributed by atoms with van der Waals surface area (Å²) in [6, 6.07) is 12.0. The van der Waals surface area contributed by atoms with Crippen LogP contribution in [0.4, 0.5) is 11.4 Å².